The minimum atomic E-state index is -1.49. The average Bonchev–Trinajstić information content (AvgIpc) is 2.19. The van der Waals surface area contributed by atoms with E-state index in [0.29, 0.717) is 0 Å². The number of aliphatic hydroxyl groups is 2. The number of hydrogen-bond donors (Lipinski definition) is 2. The first kappa shape index (κ1) is 13.9. The van der Waals surface area contributed by atoms with Crippen molar-refractivity contribution in [2.75, 3.05) is 0 Å². The van der Waals surface area contributed by atoms with E-state index in [0.717, 1.165) is 6.92 Å². The maximum atomic E-state index is 10.9. The normalized spacial score (nSPS) is 37.4. The Morgan fingerprint density at radius 1 is 1.06 bits per heavy atom. The van der Waals surface area contributed by atoms with E-state index in [1.54, 1.807) is 6.92 Å². The van der Waals surface area contributed by atoms with Crippen molar-refractivity contribution in [1.29, 1.82) is 0 Å². The summed E-state index contributed by atoms with van der Waals surface area (Å²) in [5.41, 5.74) is 0. The molecule has 0 aromatic carbocycles. The highest BCUT2D eigenvalue weighted by Gasteiger charge is 2.46. The second-order valence-corrected chi connectivity index (χ2v) is 3.87. The molecule has 17 heavy (non-hydrogen) atoms. The zero-order valence-electron chi connectivity index (χ0n) is 9.82. The van der Waals surface area contributed by atoms with Crippen molar-refractivity contribution in [3.63, 3.8) is 0 Å². The van der Waals surface area contributed by atoms with Crippen molar-refractivity contribution in [2.24, 2.45) is 0 Å². The van der Waals surface area contributed by atoms with Gasteiger partial charge in [-0.2, -0.15) is 0 Å². The average molecular weight is 248 g/mol. The number of esters is 2. The number of ether oxygens (including phenoxy) is 3. The van der Waals surface area contributed by atoms with Crippen LogP contribution < -0.4 is 0 Å². The molecule has 98 valence electrons. The fourth-order valence-electron chi connectivity index (χ4n) is 1.68. The number of rotatable bonds is 2. The molecule has 0 amide bonds. The molecule has 0 spiro atoms. The quantitative estimate of drug-likeness (QED) is 0.601. The van der Waals surface area contributed by atoms with Gasteiger partial charge in [0.1, 0.15) is 6.10 Å². The molecule has 1 fully saturated rings. The molecule has 1 aliphatic heterocycles. The molecule has 7 heteroatoms. The monoisotopic (exact) mass is 248 g/mol. The molecule has 1 rings (SSSR count). The van der Waals surface area contributed by atoms with Crippen molar-refractivity contribution in [2.45, 2.75) is 51.5 Å². The van der Waals surface area contributed by atoms with Gasteiger partial charge in [0, 0.05) is 13.8 Å². The molecular weight excluding hydrogens is 232 g/mol. The van der Waals surface area contributed by atoms with Crippen LogP contribution in [0, 0.1) is 0 Å². The Morgan fingerprint density at radius 2 is 1.53 bits per heavy atom. The van der Waals surface area contributed by atoms with Crippen molar-refractivity contribution < 1.29 is 34.0 Å². The summed E-state index contributed by atoms with van der Waals surface area (Å²) in [6.45, 7) is 3.89. The van der Waals surface area contributed by atoms with Crippen LogP contribution in [0.3, 0.4) is 0 Å². The first-order chi connectivity index (χ1) is 7.82. The maximum absolute atomic E-state index is 10.9. The SMILES string of the molecule is CC(=O)O[C@@H]1[C@@H](O)[C@H](O)O[C@H](C)[C@@H]1OC(C)=O. The molecule has 0 aromatic heterocycles. The van der Waals surface area contributed by atoms with Crippen LogP contribution in [0.1, 0.15) is 20.8 Å². The van der Waals surface area contributed by atoms with Gasteiger partial charge >= 0.3 is 11.9 Å². The third-order valence-corrected chi connectivity index (χ3v) is 2.37. The van der Waals surface area contributed by atoms with E-state index in [-0.39, 0.29) is 0 Å². The minimum absolute atomic E-state index is 0.591. The molecule has 1 aliphatic rings. The molecule has 0 radical (unpaired) electrons. The smallest absolute Gasteiger partial charge is 0.303 e. The highest BCUT2D eigenvalue weighted by atomic mass is 16.7. The van der Waals surface area contributed by atoms with E-state index >= 15 is 0 Å². The van der Waals surface area contributed by atoms with Crippen molar-refractivity contribution in [1.82, 2.24) is 0 Å². The second kappa shape index (κ2) is 5.44. The predicted octanol–water partition coefficient (Wildman–Crippen LogP) is -1.05. The van der Waals surface area contributed by atoms with E-state index in [1.165, 1.54) is 6.92 Å². The molecule has 5 atom stereocenters. The summed E-state index contributed by atoms with van der Waals surface area (Å²) in [5.74, 6) is -1.24. The zero-order valence-corrected chi connectivity index (χ0v) is 9.82. The molecule has 7 nitrogen and oxygen atoms in total. The van der Waals surface area contributed by atoms with Gasteiger partial charge in [-0.3, -0.25) is 9.59 Å². The lowest BCUT2D eigenvalue weighted by Gasteiger charge is -2.40. The third kappa shape index (κ3) is 3.39. The van der Waals surface area contributed by atoms with Crippen LogP contribution in [0.2, 0.25) is 0 Å². The summed E-state index contributed by atoms with van der Waals surface area (Å²) in [7, 11) is 0. The molecule has 0 aromatic rings. The summed E-state index contributed by atoms with van der Waals surface area (Å²) < 4.78 is 14.7. The van der Waals surface area contributed by atoms with Crippen molar-refractivity contribution >= 4 is 11.9 Å². The first-order valence-electron chi connectivity index (χ1n) is 5.19. The lowest BCUT2D eigenvalue weighted by molar-refractivity contribution is -0.284. The highest BCUT2D eigenvalue weighted by Crippen LogP contribution is 2.24. The van der Waals surface area contributed by atoms with Gasteiger partial charge < -0.3 is 24.4 Å². The zero-order chi connectivity index (χ0) is 13.2. The fourth-order valence-corrected chi connectivity index (χ4v) is 1.68. The van der Waals surface area contributed by atoms with Crippen LogP contribution in [0.25, 0.3) is 0 Å². The van der Waals surface area contributed by atoms with Gasteiger partial charge in [0.05, 0.1) is 6.10 Å². The standard InChI is InChI=1S/C10H16O7/c1-4-8(16-5(2)11)9(17-6(3)12)7(13)10(14)15-4/h4,7-10,13-14H,1-3H3/t4-,7-,8+,9-,10-/m1/s1. The summed E-state index contributed by atoms with van der Waals surface area (Å²) >= 11 is 0. The second-order valence-electron chi connectivity index (χ2n) is 3.87. The fraction of sp³-hybridized carbons (Fsp3) is 0.800. The van der Waals surface area contributed by atoms with Gasteiger partial charge in [0.15, 0.2) is 18.5 Å². The van der Waals surface area contributed by atoms with Gasteiger partial charge in [0.25, 0.3) is 0 Å². The van der Waals surface area contributed by atoms with Crippen LogP contribution in [-0.2, 0) is 23.8 Å². The summed E-state index contributed by atoms with van der Waals surface area (Å²) in [5, 5.41) is 19.0. The van der Waals surface area contributed by atoms with E-state index < -0.39 is 42.6 Å². The minimum Gasteiger partial charge on any atom is -0.456 e. The van der Waals surface area contributed by atoms with E-state index in [9.17, 15) is 19.8 Å². The predicted molar refractivity (Wildman–Crippen MR) is 53.7 cm³/mol. The Labute approximate surface area is 98.3 Å². The van der Waals surface area contributed by atoms with Gasteiger partial charge in [0.2, 0.25) is 0 Å². The Bertz CT molecular complexity index is 303. The topological polar surface area (TPSA) is 102 Å². The van der Waals surface area contributed by atoms with Crippen LogP contribution in [-0.4, -0.2) is 52.9 Å². The van der Waals surface area contributed by atoms with Crippen LogP contribution >= 0.6 is 0 Å². The lowest BCUT2D eigenvalue weighted by Crippen LogP contribution is -2.59. The Morgan fingerprint density at radius 3 is 2.00 bits per heavy atom. The van der Waals surface area contributed by atoms with Crippen LogP contribution in [0.4, 0.5) is 0 Å². The van der Waals surface area contributed by atoms with Crippen LogP contribution in [0.15, 0.2) is 0 Å². The lowest BCUT2D eigenvalue weighted by atomic mass is 9.99. The molecule has 1 saturated heterocycles. The van der Waals surface area contributed by atoms with Gasteiger partial charge in [-0.05, 0) is 6.92 Å². The molecule has 1 heterocycles. The molecule has 2 N–H and O–H groups in total. The van der Waals surface area contributed by atoms with Gasteiger partial charge in [-0.25, -0.2) is 0 Å². The molecule has 0 unspecified atom stereocenters. The summed E-state index contributed by atoms with van der Waals surface area (Å²) in [4.78, 5) is 21.8. The number of hydrogen-bond acceptors (Lipinski definition) is 7. The Hall–Kier alpha value is -1.18. The number of aliphatic hydroxyl groups excluding tert-OH is 2. The Kier molecular flexibility index (Phi) is 4.44. The summed E-state index contributed by atoms with van der Waals surface area (Å²) in [6.07, 6.45) is -5.73. The van der Waals surface area contributed by atoms with E-state index in [1.807, 2.05) is 0 Å². The van der Waals surface area contributed by atoms with E-state index in [2.05, 4.69) is 0 Å². The largest absolute Gasteiger partial charge is 0.456 e. The number of carbonyl (C=O) groups is 2. The first-order valence-corrected chi connectivity index (χ1v) is 5.19. The summed E-state index contributed by atoms with van der Waals surface area (Å²) in [6, 6.07) is 0. The Balaban J connectivity index is 2.86. The van der Waals surface area contributed by atoms with Gasteiger partial charge in [-0.1, -0.05) is 0 Å². The van der Waals surface area contributed by atoms with Crippen LogP contribution in [0.5, 0.6) is 0 Å². The molecule has 0 aliphatic carbocycles. The van der Waals surface area contributed by atoms with E-state index in [4.69, 9.17) is 14.2 Å². The molecule has 0 saturated carbocycles. The highest BCUT2D eigenvalue weighted by molar-refractivity contribution is 5.67. The van der Waals surface area contributed by atoms with Gasteiger partial charge in [-0.15, -0.1) is 0 Å². The third-order valence-electron chi connectivity index (χ3n) is 2.37. The number of carbonyl (C=O) groups excluding carboxylic acids is 2. The maximum Gasteiger partial charge on any atom is 0.303 e. The van der Waals surface area contributed by atoms with Crippen molar-refractivity contribution in [3.8, 4) is 0 Å². The molecule has 0 bridgehead atoms. The van der Waals surface area contributed by atoms with Crippen molar-refractivity contribution in [3.05, 3.63) is 0 Å². The molecular formula is C10H16O7.